The molecule has 1 saturated heterocycles. The molecule has 0 aromatic heterocycles. The minimum absolute atomic E-state index is 0.0615. The molecule has 1 aromatic rings. The summed E-state index contributed by atoms with van der Waals surface area (Å²) >= 11 is 5.78. The summed E-state index contributed by atoms with van der Waals surface area (Å²) in [6.45, 7) is 1.28. The zero-order valence-electron chi connectivity index (χ0n) is 10.2. The zero-order valence-corrected chi connectivity index (χ0v) is 11.8. The molecule has 1 aliphatic rings. The summed E-state index contributed by atoms with van der Waals surface area (Å²) in [5.41, 5.74) is 0.156. The van der Waals surface area contributed by atoms with E-state index in [0.29, 0.717) is 6.54 Å². The summed E-state index contributed by atoms with van der Waals surface area (Å²) in [7, 11) is -3.60. The first-order chi connectivity index (χ1) is 9.03. The predicted molar refractivity (Wildman–Crippen MR) is 72.4 cm³/mol. The van der Waals surface area contributed by atoms with Crippen molar-refractivity contribution in [2.75, 3.05) is 13.1 Å². The standard InChI is InChI=1S/C12H14ClN3O2S/c13-12-4-3-11(6-9(12)7-14)19(17,18)16-8-10-2-1-5-15-10/h3-4,6,10,15-16H,1-2,5,8H2. The van der Waals surface area contributed by atoms with Crippen LogP contribution in [0.1, 0.15) is 18.4 Å². The van der Waals surface area contributed by atoms with Gasteiger partial charge in [-0.15, -0.1) is 0 Å². The summed E-state index contributed by atoms with van der Waals surface area (Å²) in [6, 6.07) is 6.15. The highest BCUT2D eigenvalue weighted by Crippen LogP contribution is 2.19. The van der Waals surface area contributed by atoms with Crippen molar-refractivity contribution in [1.82, 2.24) is 10.0 Å². The molecule has 1 unspecified atom stereocenters. The minimum atomic E-state index is -3.60. The molecule has 5 nitrogen and oxygen atoms in total. The molecular formula is C12H14ClN3O2S. The Morgan fingerprint density at radius 3 is 2.95 bits per heavy atom. The van der Waals surface area contributed by atoms with Crippen molar-refractivity contribution in [2.45, 2.75) is 23.8 Å². The molecule has 1 aromatic carbocycles. The van der Waals surface area contributed by atoms with E-state index in [2.05, 4.69) is 10.0 Å². The Morgan fingerprint density at radius 1 is 1.53 bits per heavy atom. The smallest absolute Gasteiger partial charge is 0.240 e. The van der Waals surface area contributed by atoms with Crippen LogP contribution in [-0.2, 0) is 10.0 Å². The minimum Gasteiger partial charge on any atom is -0.313 e. The summed E-state index contributed by atoms with van der Waals surface area (Å²) in [5, 5.41) is 12.3. The number of hydrogen-bond acceptors (Lipinski definition) is 4. The lowest BCUT2D eigenvalue weighted by molar-refractivity contribution is 0.552. The van der Waals surface area contributed by atoms with E-state index in [9.17, 15) is 8.42 Å². The molecule has 1 aliphatic heterocycles. The quantitative estimate of drug-likeness (QED) is 0.876. The second-order valence-electron chi connectivity index (χ2n) is 4.40. The molecule has 1 atom stereocenters. The van der Waals surface area contributed by atoms with E-state index in [-0.39, 0.29) is 21.5 Å². The van der Waals surface area contributed by atoms with Crippen LogP contribution in [0.15, 0.2) is 23.1 Å². The molecule has 102 valence electrons. The molecule has 1 fully saturated rings. The van der Waals surface area contributed by atoms with Gasteiger partial charge in [0.2, 0.25) is 10.0 Å². The van der Waals surface area contributed by atoms with Gasteiger partial charge >= 0.3 is 0 Å². The number of nitriles is 1. The first-order valence-electron chi connectivity index (χ1n) is 5.95. The van der Waals surface area contributed by atoms with Crippen LogP contribution in [0.2, 0.25) is 5.02 Å². The normalized spacial score (nSPS) is 19.3. The average Bonchev–Trinajstić information content (AvgIpc) is 2.90. The van der Waals surface area contributed by atoms with Gasteiger partial charge in [-0.2, -0.15) is 5.26 Å². The Bertz CT molecular complexity index is 604. The highest BCUT2D eigenvalue weighted by Gasteiger charge is 2.20. The fraction of sp³-hybridized carbons (Fsp3) is 0.417. The number of halogens is 1. The lowest BCUT2D eigenvalue weighted by Gasteiger charge is -2.12. The molecular weight excluding hydrogens is 286 g/mol. The first-order valence-corrected chi connectivity index (χ1v) is 7.82. The van der Waals surface area contributed by atoms with Crippen molar-refractivity contribution in [2.24, 2.45) is 0 Å². The largest absolute Gasteiger partial charge is 0.313 e. The van der Waals surface area contributed by atoms with Gasteiger partial charge in [-0.1, -0.05) is 11.6 Å². The lowest BCUT2D eigenvalue weighted by atomic mass is 10.2. The number of rotatable bonds is 4. The first kappa shape index (κ1) is 14.3. The van der Waals surface area contributed by atoms with E-state index < -0.39 is 10.0 Å². The molecule has 19 heavy (non-hydrogen) atoms. The number of hydrogen-bond donors (Lipinski definition) is 2. The van der Waals surface area contributed by atoms with Gasteiger partial charge in [0, 0.05) is 12.6 Å². The van der Waals surface area contributed by atoms with E-state index >= 15 is 0 Å². The Hall–Kier alpha value is -1.13. The number of nitrogens with one attached hydrogen (secondary N) is 2. The highest BCUT2D eigenvalue weighted by atomic mass is 35.5. The monoisotopic (exact) mass is 299 g/mol. The predicted octanol–water partition coefficient (Wildman–Crippen LogP) is 1.24. The van der Waals surface area contributed by atoms with Crippen molar-refractivity contribution in [1.29, 1.82) is 5.26 Å². The van der Waals surface area contributed by atoms with Crippen LogP contribution in [0, 0.1) is 11.3 Å². The third kappa shape index (κ3) is 3.45. The van der Waals surface area contributed by atoms with Gasteiger partial charge in [0.15, 0.2) is 0 Å². The van der Waals surface area contributed by atoms with E-state index in [1.165, 1.54) is 18.2 Å². The van der Waals surface area contributed by atoms with Crippen molar-refractivity contribution < 1.29 is 8.42 Å². The summed E-state index contributed by atoms with van der Waals surface area (Å²) in [5.74, 6) is 0. The molecule has 0 spiro atoms. The average molecular weight is 300 g/mol. The third-order valence-electron chi connectivity index (χ3n) is 3.05. The van der Waals surface area contributed by atoms with Crippen molar-refractivity contribution in [3.05, 3.63) is 28.8 Å². The van der Waals surface area contributed by atoms with Crippen LogP contribution in [-0.4, -0.2) is 27.5 Å². The summed E-state index contributed by atoms with van der Waals surface area (Å²) in [4.78, 5) is 0.0615. The molecule has 1 heterocycles. The van der Waals surface area contributed by atoms with E-state index in [1.807, 2.05) is 6.07 Å². The highest BCUT2D eigenvalue weighted by molar-refractivity contribution is 7.89. The maximum atomic E-state index is 12.1. The fourth-order valence-corrected chi connectivity index (χ4v) is 3.25. The fourth-order valence-electron chi connectivity index (χ4n) is 1.98. The lowest BCUT2D eigenvalue weighted by Crippen LogP contribution is -2.37. The Morgan fingerprint density at radius 2 is 2.32 bits per heavy atom. The van der Waals surface area contributed by atoms with Crippen LogP contribution >= 0.6 is 11.6 Å². The molecule has 0 amide bonds. The van der Waals surface area contributed by atoms with Gasteiger partial charge in [0.25, 0.3) is 0 Å². The number of nitrogens with zero attached hydrogens (tertiary/aromatic N) is 1. The van der Waals surface area contributed by atoms with Gasteiger partial charge in [0.05, 0.1) is 15.5 Å². The number of sulfonamides is 1. The molecule has 2 rings (SSSR count). The van der Waals surface area contributed by atoms with Gasteiger partial charge in [-0.05, 0) is 37.6 Å². The maximum Gasteiger partial charge on any atom is 0.240 e. The number of benzene rings is 1. The molecule has 0 saturated carbocycles. The van der Waals surface area contributed by atoms with Crippen LogP contribution in [0.3, 0.4) is 0 Å². The van der Waals surface area contributed by atoms with Crippen molar-refractivity contribution in [3.63, 3.8) is 0 Å². The van der Waals surface area contributed by atoms with Gasteiger partial charge in [-0.3, -0.25) is 0 Å². The Balaban J connectivity index is 2.12. The maximum absolute atomic E-state index is 12.1. The molecule has 2 N–H and O–H groups in total. The molecule has 7 heteroatoms. The molecule has 0 bridgehead atoms. The van der Waals surface area contributed by atoms with E-state index in [1.54, 1.807) is 0 Å². The van der Waals surface area contributed by atoms with Gasteiger partial charge < -0.3 is 5.32 Å². The Labute approximate surface area is 117 Å². The summed E-state index contributed by atoms with van der Waals surface area (Å²) in [6.07, 6.45) is 2.03. The second-order valence-corrected chi connectivity index (χ2v) is 6.57. The van der Waals surface area contributed by atoms with Crippen molar-refractivity contribution >= 4 is 21.6 Å². The molecule has 0 radical (unpaired) electrons. The van der Waals surface area contributed by atoms with Crippen LogP contribution in [0.5, 0.6) is 0 Å². The second kappa shape index (κ2) is 5.88. The van der Waals surface area contributed by atoms with Crippen LogP contribution in [0.25, 0.3) is 0 Å². The van der Waals surface area contributed by atoms with Crippen LogP contribution < -0.4 is 10.0 Å². The van der Waals surface area contributed by atoms with E-state index in [4.69, 9.17) is 16.9 Å². The summed E-state index contributed by atoms with van der Waals surface area (Å²) < 4.78 is 26.7. The van der Waals surface area contributed by atoms with Crippen LogP contribution in [0.4, 0.5) is 0 Å². The topological polar surface area (TPSA) is 82.0 Å². The van der Waals surface area contributed by atoms with Gasteiger partial charge in [0.1, 0.15) is 6.07 Å². The Kier molecular flexibility index (Phi) is 4.42. The molecule has 0 aliphatic carbocycles. The van der Waals surface area contributed by atoms with Gasteiger partial charge in [-0.25, -0.2) is 13.1 Å². The van der Waals surface area contributed by atoms with Crippen molar-refractivity contribution in [3.8, 4) is 6.07 Å². The van der Waals surface area contributed by atoms with E-state index in [0.717, 1.165) is 19.4 Å². The zero-order chi connectivity index (χ0) is 13.9. The third-order valence-corrected chi connectivity index (χ3v) is 4.80. The SMILES string of the molecule is N#Cc1cc(S(=O)(=O)NCC2CCCN2)ccc1Cl.